The van der Waals surface area contributed by atoms with Crippen molar-refractivity contribution in [1.29, 1.82) is 0 Å². The molecule has 2 aromatic rings. The second-order valence-electron chi connectivity index (χ2n) is 7.41. The Morgan fingerprint density at radius 2 is 2.00 bits per heavy atom. The highest BCUT2D eigenvalue weighted by atomic mass is 32.2. The molecule has 0 aliphatic heterocycles. The molecular formula is C21H34N4O4S. The molecule has 0 saturated heterocycles. The molecule has 9 heteroatoms. The van der Waals surface area contributed by atoms with E-state index in [0.29, 0.717) is 18.9 Å². The van der Waals surface area contributed by atoms with Crippen LogP contribution in [0, 0.1) is 0 Å². The Kier molecular flexibility index (Phi) is 8.83. The summed E-state index contributed by atoms with van der Waals surface area (Å²) in [6.45, 7) is 5.37. The maximum atomic E-state index is 11.3. The van der Waals surface area contributed by atoms with Crippen LogP contribution >= 0.6 is 0 Å². The van der Waals surface area contributed by atoms with E-state index in [4.69, 9.17) is 9.47 Å². The van der Waals surface area contributed by atoms with Gasteiger partial charge in [-0.1, -0.05) is 0 Å². The Balaban J connectivity index is 1.94. The quantitative estimate of drug-likeness (QED) is 0.283. The van der Waals surface area contributed by atoms with Crippen molar-refractivity contribution in [3.63, 3.8) is 0 Å². The molecule has 0 bridgehead atoms. The summed E-state index contributed by atoms with van der Waals surface area (Å²) >= 11 is 0. The number of aryl methyl sites for hydroxylation is 1. The maximum Gasteiger partial charge on any atom is 0.191 e. The number of nitrogens with one attached hydrogen (secondary N) is 3. The first-order valence-corrected chi connectivity index (χ1v) is 12.3. The van der Waals surface area contributed by atoms with Gasteiger partial charge in [-0.3, -0.25) is 4.99 Å². The lowest BCUT2D eigenvalue weighted by molar-refractivity contribution is 0.398. The van der Waals surface area contributed by atoms with Crippen LogP contribution in [0.5, 0.6) is 11.5 Å². The SMILES string of the molecule is CCNC(=NCCCc1cc2c(OC)cc(OC)cc2[nH]1)NC(C)CCS(C)(=O)=O. The number of sulfone groups is 1. The van der Waals surface area contributed by atoms with Gasteiger partial charge >= 0.3 is 0 Å². The number of rotatable bonds is 11. The number of aromatic amines is 1. The number of hydrogen-bond donors (Lipinski definition) is 3. The van der Waals surface area contributed by atoms with Crippen molar-refractivity contribution in [2.75, 3.05) is 39.3 Å². The molecule has 1 atom stereocenters. The van der Waals surface area contributed by atoms with Crippen molar-refractivity contribution in [2.45, 2.75) is 39.2 Å². The van der Waals surface area contributed by atoms with Crippen LogP contribution in [-0.2, 0) is 16.3 Å². The first-order valence-electron chi connectivity index (χ1n) is 10.2. The third-order valence-electron chi connectivity index (χ3n) is 4.71. The molecule has 2 rings (SSSR count). The molecule has 1 heterocycles. The van der Waals surface area contributed by atoms with Crippen LogP contribution in [0.2, 0.25) is 0 Å². The van der Waals surface area contributed by atoms with Crippen LogP contribution in [0.15, 0.2) is 23.2 Å². The molecule has 1 aromatic carbocycles. The van der Waals surface area contributed by atoms with Crippen LogP contribution in [-0.4, -0.2) is 64.7 Å². The van der Waals surface area contributed by atoms with Crippen molar-refractivity contribution in [3.8, 4) is 11.5 Å². The fourth-order valence-electron chi connectivity index (χ4n) is 3.14. The summed E-state index contributed by atoms with van der Waals surface area (Å²) in [4.78, 5) is 8.04. The first-order chi connectivity index (χ1) is 14.3. The van der Waals surface area contributed by atoms with Crippen molar-refractivity contribution in [1.82, 2.24) is 15.6 Å². The highest BCUT2D eigenvalue weighted by Crippen LogP contribution is 2.31. The van der Waals surface area contributed by atoms with Gasteiger partial charge < -0.3 is 25.1 Å². The molecule has 0 spiro atoms. The van der Waals surface area contributed by atoms with Crippen LogP contribution in [0.25, 0.3) is 10.9 Å². The zero-order valence-corrected chi connectivity index (χ0v) is 19.4. The van der Waals surface area contributed by atoms with Gasteiger partial charge in [0.25, 0.3) is 0 Å². The van der Waals surface area contributed by atoms with Gasteiger partial charge in [0.1, 0.15) is 21.3 Å². The van der Waals surface area contributed by atoms with Crippen molar-refractivity contribution in [2.24, 2.45) is 4.99 Å². The largest absolute Gasteiger partial charge is 0.497 e. The van der Waals surface area contributed by atoms with Crippen LogP contribution in [0.1, 0.15) is 32.4 Å². The fourth-order valence-corrected chi connectivity index (χ4v) is 3.92. The third kappa shape index (κ3) is 7.44. The lowest BCUT2D eigenvalue weighted by atomic mass is 10.2. The average Bonchev–Trinajstić information content (AvgIpc) is 3.11. The van der Waals surface area contributed by atoms with Crippen molar-refractivity contribution < 1.29 is 17.9 Å². The molecule has 3 N–H and O–H groups in total. The third-order valence-corrected chi connectivity index (χ3v) is 5.69. The summed E-state index contributed by atoms with van der Waals surface area (Å²) in [7, 11) is 0.334. The minimum Gasteiger partial charge on any atom is -0.497 e. The van der Waals surface area contributed by atoms with E-state index in [2.05, 4.69) is 26.7 Å². The Hall–Kier alpha value is -2.42. The first kappa shape index (κ1) is 23.9. The molecule has 0 saturated carbocycles. The highest BCUT2D eigenvalue weighted by Gasteiger charge is 2.10. The van der Waals surface area contributed by atoms with E-state index < -0.39 is 9.84 Å². The van der Waals surface area contributed by atoms with E-state index in [-0.39, 0.29) is 11.8 Å². The van der Waals surface area contributed by atoms with E-state index in [1.807, 2.05) is 26.0 Å². The van der Waals surface area contributed by atoms with E-state index in [1.165, 1.54) is 6.26 Å². The predicted molar refractivity (Wildman–Crippen MR) is 123 cm³/mol. The normalized spacial score (nSPS) is 13.3. The van der Waals surface area contributed by atoms with Gasteiger partial charge in [0.2, 0.25) is 0 Å². The molecule has 1 aromatic heterocycles. The second-order valence-corrected chi connectivity index (χ2v) is 9.67. The average molecular weight is 439 g/mol. The molecule has 168 valence electrons. The summed E-state index contributed by atoms with van der Waals surface area (Å²) in [5.41, 5.74) is 2.10. The van der Waals surface area contributed by atoms with E-state index in [1.54, 1.807) is 14.2 Å². The topological polar surface area (TPSA) is 105 Å². The summed E-state index contributed by atoms with van der Waals surface area (Å²) in [5.74, 6) is 2.41. The highest BCUT2D eigenvalue weighted by molar-refractivity contribution is 7.90. The number of H-pyrrole nitrogens is 1. The number of hydrogen-bond acceptors (Lipinski definition) is 5. The predicted octanol–water partition coefficient (Wildman–Crippen LogP) is 2.50. The number of benzene rings is 1. The van der Waals surface area contributed by atoms with Crippen LogP contribution < -0.4 is 20.1 Å². The molecule has 0 radical (unpaired) electrons. The van der Waals surface area contributed by atoms with Gasteiger partial charge in [0.15, 0.2) is 5.96 Å². The van der Waals surface area contributed by atoms with Crippen molar-refractivity contribution in [3.05, 3.63) is 23.9 Å². The molecule has 8 nitrogen and oxygen atoms in total. The number of fused-ring (bicyclic) bond motifs is 1. The Labute approximate surface area is 179 Å². The molecule has 30 heavy (non-hydrogen) atoms. The number of aliphatic imine (C=N–C) groups is 1. The lowest BCUT2D eigenvalue weighted by Crippen LogP contribution is -2.42. The summed E-state index contributed by atoms with van der Waals surface area (Å²) in [5, 5.41) is 7.52. The Morgan fingerprint density at radius 3 is 2.63 bits per heavy atom. The molecule has 0 amide bonds. The molecule has 1 unspecified atom stereocenters. The van der Waals surface area contributed by atoms with Gasteiger partial charge in [-0.25, -0.2) is 8.42 Å². The molecular weight excluding hydrogens is 404 g/mol. The number of methoxy groups -OCH3 is 2. The van der Waals surface area contributed by atoms with E-state index in [0.717, 1.165) is 47.5 Å². The molecule has 0 aliphatic carbocycles. The summed E-state index contributed by atoms with van der Waals surface area (Å²) < 4.78 is 33.5. The van der Waals surface area contributed by atoms with Gasteiger partial charge in [0, 0.05) is 48.6 Å². The van der Waals surface area contributed by atoms with Gasteiger partial charge in [-0.2, -0.15) is 0 Å². The second kappa shape index (κ2) is 11.1. The zero-order valence-electron chi connectivity index (χ0n) is 18.5. The van der Waals surface area contributed by atoms with Gasteiger partial charge in [0.05, 0.1) is 25.5 Å². The number of ether oxygens (including phenoxy) is 2. The van der Waals surface area contributed by atoms with Gasteiger partial charge in [-0.15, -0.1) is 0 Å². The standard InChI is InChI=1S/C21H34N4O4S/c1-6-22-21(24-15(2)9-11-30(5,26)27)23-10-7-8-16-12-18-19(25-16)13-17(28-3)14-20(18)29-4/h12-15,25H,6-11H2,1-5H3,(H2,22,23,24). The zero-order chi connectivity index (χ0) is 22.1. The number of aromatic nitrogens is 1. The molecule has 0 fully saturated rings. The lowest BCUT2D eigenvalue weighted by Gasteiger charge is -2.17. The fraction of sp³-hybridized carbons (Fsp3) is 0.571. The number of guanidine groups is 1. The van der Waals surface area contributed by atoms with E-state index in [9.17, 15) is 8.42 Å². The minimum absolute atomic E-state index is 0.0219. The smallest absolute Gasteiger partial charge is 0.191 e. The van der Waals surface area contributed by atoms with E-state index >= 15 is 0 Å². The summed E-state index contributed by atoms with van der Waals surface area (Å²) in [6.07, 6.45) is 3.53. The number of nitrogens with zero attached hydrogens (tertiary/aromatic N) is 1. The Morgan fingerprint density at radius 1 is 1.23 bits per heavy atom. The molecule has 0 aliphatic rings. The van der Waals surface area contributed by atoms with Crippen LogP contribution in [0.3, 0.4) is 0 Å². The summed E-state index contributed by atoms with van der Waals surface area (Å²) in [6, 6.07) is 5.97. The Bertz CT molecular complexity index is 953. The monoisotopic (exact) mass is 438 g/mol. The van der Waals surface area contributed by atoms with Gasteiger partial charge in [-0.05, 0) is 39.2 Å². The van der Waals surface area contributed by atoms with Crippen LogP contribution in [0.4, 0.5) is 0 Å². The van der Waals surface area contributed by atoms with Crippen molar-refractivity contribution >= 4 is 26.7 Å². The minimum atomic E-state index is -2.96. The maximum absolute atomic E-state index is 11.3.